The third-order valence-electron chi connectivity index (χ3n) is 4.88. The highest BCUT2D eigenvalue weighted by molar-refractivity contribution is 7.59. The summed E-state index contributed by atoms with van der Waals surface area (Å²) in [6, 6.07) is 20.2. The van der Waals surface area contributed by atoms with E-state index >= 15 is 0 Å². The van der Waals surface area contributed by atoms with E-state index < -0.39 is 7.60 Å². The molecule has 0 aromatic heterocycles. The summed E-state index contributed by atoms with van der Waals surface area (Å²) in [5, 5.41) is 0.823. The topological polar surface area (TPSA) is 35.5 Å². The van der Waals surface area contributed by atoms with Gasteiger partial charge in [-0.05, 0) is 48.5 Å². The fraction of sp³-hybridized carbons (Fsp3) is 0.273. The second kappa shape index (κ2) is 7.36. The zero-order valence-corrected chi connectivity index (χ0v) is 15.8. The van der Waals surface area contributed by atoms with E-state index in [0.29, 0.717) is 6.61 Å². The minimum absolute atomic E-state index is 0.275. The van der Waals surface area contributed by atoms with Crippen LogP contribution in [0.15, 0.2) is 77.1 Å². The highest BCUT2D eigenvalue weighted by Gasteiger charge is 2.47. The number of hydrogen-bond acceptors (Lipinski definition) is 3. The van der Waals surface area contributed by atoms with Gasteiger partial charge in [0.1, 0.15) is 6.10 Å². The van der Waals surface area contributed by atoms with Crippen molar-refractivity contribution in [3.05, 3.63) is 88.3 Å². The van der Waals surface area contributed by atoms with Crippen molar-refractivity contribution >= 4 is 13.7 Å². The van der Waals surface area contributed by atoms with Crippen molar-refractivity contribution in [2.24, 2.45) is 0 Å². The van der Waals surface area contributed by atoms with Gasteiger partial charge in [-0.25, -0.2) is 0 Å². The Hall–Kier alpha value is -1.93. The van der Waals surface area contributed by atoms with Crippen LogP contribution in [0.2, 0.25) is 0 Å². The largest absolute Gasteiger partial charge is 0.362 e. The van der Waals surface area contributed by atoms with E-state index in [2.05, 4.69) is 18.2 Å². The van der Waals surface area contributed by atoms with Gasteiger partial charge in [0.15, 0.2) is 0 Å². The van der Waals surface area contributed by atoms with E-state index in [1.54, 1.807) is 0 Å². The van der Waals surface area contributed by atoms with Crippen molar-refractivity contribution in [2.45, 2.75) is 32.3 Å². The van der Waals surface area contributed by atoms with Gasteiger partial charge in [0.25, 0.3) is 0 Å². The van der Waals surface area contributed by atoms with Crippen molar-refractivity contribution in [2.75, 3.05) is 6.61 Å². The van der Waals surface area contributed by atoms with Crippen molar-refractivity contribution in [3.8, 4) is 0 Å². The van der Waals surface area contributed by atoms with Crippen LogP contribution >= 0.6 is 7.60 Å². The van der Waals surface area contributed by atoms with Crippen LogP contribution in [0.1, 0.15) is 43.4 Å². The molecule has 1 aliphatic carbocycles. The first-order chi connectivity index (χ1) is 12.7. The predicted octanol–water partition coefficient (Wildman–Crippen LogP) is 6.51. The second-order valence-corrected chi connectivity index (χ2v) is 8.53. The van der Waals surface area contributed by atoms with Crippen LogP contribution in [0, 0.1) is 0 Å². The molecule has 1 heterocycles. The molecule has 0 radical (unpaired) electrons. The van der Waals surface area contributed by atoms with E-state index in [9.17, 15) is 4.57 Å². The monoisotopic (exact) mass is 366 g/mol. The van der Waals surface area contributed by atoms with Crippen molar-refractivity contribution in [3.63, 3.8) is 0 Å². The number of rotatable bonds is 4. The average molecular weight is 366 g/mol. The molecule has 26 heavy (non-hydrogen) atoms. The summed E-state index contributed by atoms with van der Waals surface area (Å²) >= 11 is 0. The molecule has 4 heteroatoms. The van der Waals surface area contributed by atoms with Crippen LogP contribution in [-0.4, -0.2) is 6.61 Å². The molecule has 0 saturated carbocycles. The number of hydrogen-bond donors (Lipinski definition) is 0. The molecule has 134 valence electrons. The van der Waals surface area contributed by atoms with Crippen molar-refractivity contribution in [1.29, 1.82) is 0 Å². The highest BCUT2D eigenvalue weighted by Crippen LogP contribution is 2.71. The van der Waals surface area contributed by atoms with E-state index in [-0.39, 0.29) is 6.10 Å². The molecular formula is C22H23O3P. The van der Waals surface area contributed by atoms with Crippen LogP contribution in [-0.2, 0) is 13.6 Å². The maximum Gasteiger partial charge on any atom is 0.362 e. The third kappa shape index (κ3) is 3.23. The van der Waals surface area contributed by atoms with Gasteiger partial charge < -0.3 is 4.52 Å². The maximum atomic E-state index is 13.6. The van der Waals surface area contributed by atoms with E-state index in [1.807, 2.05) is 55.5 Å². The van der Waals surface area contributed by atoms with Crippen LogP contribution in [0.4, 0.5) is 0 Å². The number of allylic oxidation sites excluding steroid dienone is 2. The maximum absolute atomic E-state index is 13.6. The van der Waals surface area contributed by atoms with Gasteiger partial charge in [0.05, 0.1) is 11.9 Å². The summed E-state index contributed by atoms with van der Waals surface area (Å²) in [7, 11) is -3.30. The molecule has 2 aliphatic rings. The molecule has 2 aromatic rings. The lowest BCUT2D eigenvalue weighted by Crippen LogP contribution is -2.04. The van der Waals surface area contributed by atoms with Crippen molar-refractivity contribution in [1.82, 2.24) is 0 Å². The standard InChI is InChI=1S/C22H23O3P/c1-2-24-26(23)22-19(16-17-10-5-3-6-11-17)14-9-15-20(22)21(25-26)18-12-7-4-8-13-18/h3-8,10-13,16,21H,2,9,14-15H2,1H3/b19-16+. The van der Waals surface area contributed by atoms with Crippen LogP contribution in [0.25, 0.3) is 6.08 Å². The van der Waals surface area contributed by atoms with E-state index in [0.717, 1.165) is 46.8 Å². The Balaban J connectivity index is 1.83. The van der Waals surface area contributed by atoms with Gasteiger partial charge in [0, 0.05) is 0 Å². The second-order valence-electron chi connectivity index (χ2n) is 6.62. The fourth-order valence-corrected chi connectivity index (χ4v) is 6.09. The van der Waals surface area contributed by atoms with Gasteiger partial charge >= 0.3 is 7.60 Å². The summed E-state index contributed by atoms with van der Waals surface area (Å²) in [6.07, 6.45) is 4.70. The molecule has 0 saturated heterocycles. The Bertz CT molecular complexity index is 884. The molecule has 2 aromatic carbocycles. The molecule has 1 aliphatic heterocycles. The van der Waals surface area contributed by atoms with Crippen molar-refractivity contribution < 1.29 is 13.6 Å². The molecule has 0 fully saturated rings. The molecule has 0 amide bonds. The lowest BCUT2D eigenvalue weighted by Gasteiger charge is -2.20. The average Bonchev–Trinajstić information content (AvgIpc) is 2.97. The minimum Gasteiger partial charge on any atom is -0.305 e. The Labute approximate surface area is 154 Å². The third-order valence-corrected chi connectivity index (χ3v) is 7.09. The molecule has 2 unspecified atom stereocenters. The first-order valence-corrected chi connectivity index (χ1v) is 10.7. The molecule has 0 N–H and O–H groups in total. The quantitative estimate of drug-likeness (QED) is 0.579. The molecule has 4 rings (SSSR count). The van der Waals surface area contributed by atoms with Gasteiger partial charge in [0.2, 0.25) is 0 Å². The SMILES string of the molecule is CCOP1(=O)OC(c2ccccc2)C2=C1/C(=C/c1ccccc1)CCC2. The lowest BCUT2D eigenvalue weighted by atomic mass is 9.88. The number of benzene rings is 2. The van der Waals surface area contributed by atoms with E-state index in [4.69, 9.17) is 9.05 Å². The minimum atomic E-state index is -3.30. The van der Waals surface area contributed by atoms with E-state index in [1.165, 1.54) is 0 Å². The zero-order chi connectivity index (χ0) is 18.0. The first kappa shape index (κ1) is 17.5. The van der Waals surface area contributed by atoms with Crippen LogP contribution in [0.3, 0.4) is 0 Å². The highest BCUT2D eigenvalue weighted by atomic mass is 31.2. The van der Waals surface area contributed by atoms with Gasteiger partial charge in [-0.3, -0.25) is 9.09 Å². The summed E-state index contributed by atoms with van der Waals surface area (Å²) in [6.45, 7) is 2.23. The smallest absolute Gasteiger partial charge is 0.305 e. The molecule has 0 spiro atoms. The summed E-state index contributed by atoms with van der Waals surface area (Å²) in [4.78, 5) is 0. The first-order valence-electron chi connectivity index (χ1n) is 9.19. The summed E-state index contributed by atoms with van der Waals surface area (Å²) < 4.78 is 25.4. The normalized spacial score (nSPS) is 27.0. The van der Waals surface area contributed by atoms with Gasteiger partial charge in [-0.2, -0.15) is 0 Å². The Morgan fingerprint density at radius 1 is 1.08 bits per heavy atom. The molecule has 3 nitrogen and oxygen atoms in total. The van der Waals surface area contributed by atoms with Crippen LogP contribution < -0.4 is 0 Å². The van der Waals surface area contributed by atoms with Gasteiger partial charge in [-0.1, -0.05) is 66.7 Å². The molecular weight excluding hydrogens is 343 g/mol. The molecule has 0 bridgehead atoms. The van der Waals surface area contributed by atoms with Crippen LogP contribution in [0.5, 0.6) is 0 Å². The van der Waals surface area contributed by atoms with Gasteiger partial charge in [-0.15, -0.1) is 0 Å². The predicted molar refractivity (Wildman–Crippen MR) is 105 cm³/mol. The molecule has 2 atom stereocenters. The Morgan fingerprint density at radius 2 is 1.77 bits per heavy atom. The summed E-state index contributed by atoms with van der Waals surface area (Å²) in [5.41, 5.74) is 4.37. The fourth-order valence-electron chi connectivity index (χ4n) is 3.82. The summed E-state index contributed by atoms with van der Waals surface area (Å²) in [5.74, 6) is 0. The Morgan fingerprint density at radius 3 is 2.46 bits per heavy atom. The zero-order valence-electron chi connectivity index (χ0n) is 14.9. The lowest BCUT2D eigenvalue weighted by molar-refractivity contribution is 0.190. The Kier molecular flexibility index (Phi) is 4.95.